The minimum Gasteiger partial charge on any atom is -0.496 e. The Labute approximate surface area is 126 Å². The van der Waals surface area contributed by atoms with Crippen molar-refractivity contribution in [3.8, 4) is 5.75 Å². The number of carbonyl (C=O) groups excluding carboxylic acids is 1. The van der Waals surface area contributed by atoms with Gasteiger partial charge in [-0.25, -0.2) is 4.79 Å². The summed E-state index contributed by atoms with van der Waals surface area (Å²) in [6, 6.07) is 7.27. The molecule has 0 heterocycles. The van der Waals surface area contributed by atoms with Crippen molar-refractivity contribution in [3.63, 3.8) is 0 Å². The molecule has 0 aliphatic rings. The molecule has 1 aromatic rings. The van der Waals surface area contributed by atoms with E-state index in [2.05, 4.69) is 24.5 Å². The number of benzene rings is 1. The Bertz CT molecular complexity index is 447. The van der Waals surface area contributed by atoms with Crippen LogP contribution in [0.3, 0.4) is 0 Å². The second-order valence-corrected chi connectivity index (χ2v) is 5.63. The Morgan fingerprint density at radius 3 is 2.52 bits per heavy atom. The van der Waals surface area contributed by atoms with Crippen molar-refractivity contribution in [2.24, 2.45) is 5.92 Å². The smallest absolute Gasteiger partial charge is 0.315 e. The highest BCUT2D eigenvalue weighted by Crippen LogP contribution is 2.29. The number of hydrogen-bond acceptors (Lipinski definition) is 3. The van der Waals surface area contributed by atoms with Crippen LogP contribution < -0.4 is 15.4 Å². The average Bonchev–Trinajstić information content (AvgIpc) is 2.44. The SMILES string of the molecule is COc1ccccc1C(CC(C)C)NC(=O)NC[C@@H](C)O. The molecule has 0 radical (unpaired) electrons. The molecular formula is C16H26N2O3. The maximum atomic E-state index is 11.9. The molecule has 1 aromatic carbocycles. The van der Waals surface area contributed by atoms with Crippen LogP contribution in [0.4, 0.5) is 4.79 Å². The number of urea groups is 1. The Morgan fingerprint density at radius 2 is 1.95 bits per heavy atom. The van der Waals surface area contributed by atoms with Crippen LogP contribution in [0.1, 0.15) is 38.8 Å². The van der Waals surface area contributed by atoms with Gasteiger partial charge in [0.25, 0.3) is 0 Å². The third-order valence-corrected chi connectivity index (χ3v) is 3.08. The van der Waals surface area contributed by atoms with Crippen LogP contribution in [0.2, 0.25) is 0 Å². The van der Waals surface area contributed by atoms with Crippen LogP contribution in [0.25, 0.3) is 0 Å². The topological polar surface area (TPSA) is 70.6 Å². The molecule has 0 saturated carbocycles. The first-order chi connectivity index (χ1) is 9.93. The summed E-state index contributed by atoms with van der Waals surface area (Å²) in [4.78, 5) is 11.9. The van der Waals surface area contributed by atoms with Gasteiger partial charge in [0.2, 0.25) is 0 Å². The molecule has 1 unspecified atom stereocenters. The monoisotopic (exact) mass is 294 g/mol. The van der Waals surface area contributed by atoms with Crippen LogP contribution >= 0.6 is 0 Å². The van der Waals surface area contributed by atoms with Gasteiger partial charge in [0.15, 0.2) is 0 Å². The average molecular weight is 294 g/mol. The van der Waals surface area contributed by atoms with E-state index in [4.69, 9.17) is 4.74 Å². The number of aliphatic hydroxyl groups excluding tert-OH is 1. The number of para-hydroxylation sites is 1. The second kappa shape index (κ2) is 8.52. The highest BCUT2D eigenvalue weighted by molar-refractivity contribution is 5.74. The van der Waals surface area contributed by atoms with Crippen LogP contribution in [0.5, 0.6) is 5.75 Å². The van der Waals surface area contributed by atoms with E-state index in [9.17, 15) is 9.90 Å². The molecule has 1 rings (SSSR count). The zero-order chi connectivity index (χ0) is 15.8. The summed E-state index contributed by atoms with van der Waals surface area (Å²) in [5.41, 5.74) is 0.959. The van der Waals surface area contributed by atoms with Crippen molar-refractivity contribution in [2.75, 3.05) is 13.7 Å². The van der Waals surface area contributed by atoms with Crippen molar-refractivity contribution in [1.29, 1.82) is 0 Å². The molecule has 0 fully saturated rings. The lowest BCUT2D eigenvalue weighted by atomic mass is 9.96. The molecule has 5 heteroatoms. The van der Waals surface area contributed by atoms with Crippen LogP contribution in [0.15, 0.2) is 24.3 Å². The molecule has 118 valence electrons. The van der Waals surface area contributed by atoms with Crippen molar-refractivity contribution >= 4 is 6.03 Å². The van der Waals surface area contributed by atoms with Gasteiger partial charge >= 0.3 is 6.03 Å². The number of hydrogen-bond donors (Lipinski definition) is 3. The lowest BCUT2D eigenvalue weighted by Crippen LogP contribution is -2.41. The molecule has 21 heavy (non-hydrogen) atoms. The van der Waals surface area contributed by atoms with Crippen molar-refractivity contribution in [2.45, 2.75) is 39.3 Å². The largest absolute Gasteiger partial charge is 0.496 e. The normalized spacial score (nSPS) is 13.6. The van der Waals surface area contributed by atoms with Crippen molar-refractivity contribution in [1.82, 2.24) is 10.6 Å². The number of rotatable bonds is 7. The summed E-state index contributed by atoms with van der Waals surface area (Å²) in [5.74, 6) is 1.19. The zero-order valence-electron chi connectivity index (χ0n) is 13.2. The van der Waals surface area contributed by atoms with E-state index in [1.165, 1.54) is 0 Å². The first kappa shape index (κ1) is 17.3. The van der Waals surface area contributed by atoms with Gasteiger partial charge < -0.3 is 20.5 Å². The minimum absolute atomic E-state index is 0.129. The summed E-state index contributed by atoms with van der Waals surface area (Å²) in [6.07, 6.45) is 0.244. The molecular weight excluding hydrogens is 268 g/mol. The van der Waals surface area contributed by atoms with Crippen LogP contribution in [-0.2, 0) is 0 Å². The fraction of sp³-hybridized carbons (Fsp3) is 0.562. The van der Waals surface area contributed by atoms with Crippen LogP contribution in [-0.4, -0.2) is 30.9 Å². The van der Waals surface area contributed by atoms with Crippen molar-refractivity contribution in [3.05, 3.63) is 29.8 Å². The van der Waals surface area contributed by atoms with E-state index in [1.54, 1.807) is 14.0 Å². The molecule has 3 N–H and O–H groups in total. The van der Waals surface area contributed by atoms with E-state index >= 15 is 0 Å². The Hall–Kier alpha value is -1.75. The summed E-state index contributed by atoms with van der Waals surface area (Å²) in [6.45, 7) is 6.08. The Balaban J connectivity index is 2.82. The maximum Gasteiger partial charge on any atom is 0.315 e. The standard InChI is InChI=1S/C16H26N2O3/c1-11(2)9-14(18-16(20)17-10-12(3)19)13-7-5-6-8-15(13)21-4/h5-8,11-12,14,19H,9-10H2,1-4H3,(H2,17,18,20)/t12-,14?/m1/s1. The summed E-state index contributed by atoms with van der Waals surface area (Å²) in [5, 5.41) is 14.8. The van der Waals surface area contributed by atoms with E-state index in [0.29, 0.717) is 5.92 Å². The number of ether oxygens (including phenoxy) is 1. The Kier molecular flexibility index (Phi) is 7.02. The number of carbonyl (C=O) groups is 1. The van der Waals surface area contributed by atoms with Crippen LogP contribution in [0, 0.1) is 5.92 Å². The molecule has 2 amide bonds. The van der Waals surface area contributed by atoms with Gasteiger partial charge in [-0.15, -0.1) is 0 Å². The van der Waals surface area contributed by atoms with Gasteiger partial charge in [-0.3, -0.25) is 0 Å². The number of nitrogens with one attached hydrogen (secondary N) is 2. The number of methoxy groups -OCH3 is 1. The highest BCUT2D eigenvalue weighted by Gasteiger charge is 2.19. The molecule has 5 nitrogen and oxygen atoms in total. The molecule has 0 bridgehead atoms. The predicted octanol–water partition coefficient (Wildman–Crippen LogP) is 2.46. The zero-order valence-corrected chi connectivity index (χ0v) is 13.2. The highest BCUT2D eigenvalue weighted by atomic mass is 16.5. The lowest BCUT2D eigenvalue weighted by molar-refractivity contribution is 0.186. The van der Waals surface area contributed by atoms with E-state index < -0.39 is 6.10 Å². The van der Waals surface area contributed by atoms with E-state index in [0.717, 1.165) is 17.7 Å². The van der Waals surface area contributed by atoms with Crippen molar-refractivity contribution < 1.29 is 14.6 Å². The second-order valence-electron chi connectivity index (χ2n) is 5.63. The fourth-order valence-corrected chi connectivity index (χ4v) is 2.14. The molecule has 0 aliphatic heterocycles. The first-order valence-electron chi connectivity index (χ1n) is 7.29. The van der Waals surface area contributed by atoms with E-state index in [1.807, 2.05) is 24.3 Å². The summed E-state index contributed by atoms with van der Waals surface area (Å²) >= 11 is 0. The molecule has 0 aromatic heterocycles. The van der Waals surface area contributed by atoms with Gasteiger partial charge in [-0.1, -0.05) is 32.0 Å². The van der Waals surface area contributed by atoms with Gasteiger partial charge in [-0.2, -0.15) is 0 Å². The quantitative estimate of drug-likeness (QED) is 0.723. The summed E-state index contributed by atoms with van der Waals surface area (Å²) < 4.78 is 5.38. The number of aliphatic hydroxyl groups is 1. The lowest BCUT2D eigenvalue weighted by Gasteiger charge is -2.23. The van der Waals surface area contributed by atoms with Gasteiger partial charge in [-0.05, 0) is 25.3 Å². The third kappa shape index (κ3) is 6.04. The fourth-order valence-electron chi connectivity index (χ4n) is 2.14. The first-order valence-corrected chi connectivity index (χ1v) is 7.29. The minimum atomic E-state index is -0.564. The van der Waals surface area contributed by atoms with Gasteiger partial charge in [0, 0.05) is 12.1 Å². The predicted molar refractivity (Wildman–Crippen MR) is 83.4 cm³/mol. The van der Waals surface area contributed by atoms with E-state index in [-0.39, 0.29) is 18.6 Å². The Morgan fingerprint density at radius 1 is 1.29 bits per heavy atom. The molecule has 2 atom stereocenters. The number of amides is 2. The maximum absolute atomic E-state index is 11.9. The molecule has 0 spiro atoms. The van der Waals surface area contributed by atoms with Gasteiger partial charge in [0.1, 0.15) is 5.75 Å². The molecule has 0 aliphatic carbocycles. The third-order valence-electron chi connectivity index (χ3n) is 3.08. The van der Waals surface area contributed by atoms with Gasteiger partial charge in [0.05, 0.1) is 19.3 Å². The summed E-state index contributed by atoms with van der Waals surface area (Å²) in [7, 11) is 1.62. The molecule has 0 saturated heterocycles.